The number of amides is 2. The van der Waals surface area contributed by atoms with Crippen LogP contribution in [0.2, 0.25) is 0 Å². The van der Waals surface area contributed by atoms with Gasteiger partial charge in [0.2, 0.25) is 5.91 Å². The molecule has 1 aromatic heterocycles. The summed E-state index contributed by atoms with van der Waals surface area (Å²) in [6, 6.07) is 9.48. The SMILES string of the molecule is Cc1cncc(CCC(=O)NCc2cccc(C(=O)N3CCOCC3)c2)c1. The van der Waals surface area contributed by atoms with Gasteiger partial charge in [0, 0.05) is 44.0 Å². The lowest BCUT2D eigenvalue weighted by Crippen LogP contribution is -2.40. The van der Waals surface area contributed by atoms with Crippen LogP contribution in [-0.2, 0) is 22.5 Å². The van der Waals surface area contributed by atoms with Gasteiger partial charge in [-0.2, -0.15) is 0 Å². The monoisotopic (exact) mass is 367 g/mol. The van der Waals surface area contributed by atoms with E-state index < -0.39 is 0 Å². The van der Waals surface area contributed by atoms with Crippen LogP contribution in [0, 0.1) is 6.92 Å². The fraction of sp³-hybridized carbons (Fsp3) is 0.381. The van der Waals surface area contributed by atoms with Gasteiger partial charge in [-0.3, -0.25) is 14.6 Å². The molecule has 142 valence electrons. The van der Waals surface area contributed by atoms with Crippen molar-refractivity contribution in [1.29, 1.82) is 0 Å². The molecule has 0 aliphatic carbocycles. The van der Waals surface area contributed by atoms with Gasteiger partial charge in [0.1, 0.15) is 0 Å². The second-order valence-corrected chi connectivity index (χ2v) is 6.75. The topological polar surface area (TPSA) is 71.5 Å². The number of aromatic nitrogens is 1. The zero-order chi connectivity index (χ0) is 19.1. The van der Waals surface area contributed by atoms with Crippen molar-refractivity contribution in [1.82, 2.24) is 15.2 Å². The summed E-state index contributed by atoms with van der Waals surface area (Å²) in [7, 11) is 0. The zero-order valence-electron chi connectivity index (χ0n) is 15.6. The maximum Gasteiger partial charge on any atom is 0.254 e. The molecule has 0 saturated carbocycles. The summed E-state index contributed by atoms with van der Waals surface area (Å²) in [6.07, 6.45) is 4.67. The molecule has 0 unspecified atom stereocenters. The number of rotatable bonds is 6. The number of benzene rings is 1. The van der Waals surface area contributed by atoms with Gasteiger partial charge >= 0.3 is 0 Å². The van der Waals surface area contributed by atoms with Crippen LogP contribution in [0.1, 0.15) is 33.5 Å². The van der Waals surface area contributed by atoms with E-state index in [1.807, 2.05) is 37.3 Å². The van der Waals surface area contributed by atoms with E-state index in [-0.39, 0.29) is 11.8 Å². The van der Waals surface area contributed by atoms with Gasteiger partial charge in [0.05, 0.1) is 13.2 Å². The maximum atomic E-state index is 12.6. The number of carbonyl (C=O) groups excluding carboxylic acids is 2. The lowest BCUT2D eigenvalue weighted by atomic mass is 10.1. The lowest BCUT2D eigenvalue weighted by molar-refractivity contribution is -0.121. The second-order valence-electron chi connectivity index (χ2n) is 6.75. The molecule has 2 heterocycles. The van der Waals surface area contributed by atoms with E-state index >= 15 is 0 Å². The van der Waals surface area contributed by atoms with Crippen molar-refractivity contribution in [3.05, 3.63) is 65.0 Å². The molecule has 6 heteroatoms. The summed E-state index contributed by atoms with van der Waals surface area (Å²) < 4.78 is 5.29. The molecule has 0 radical (unpaired) electrons. The Kier molecular flexibility index (Phi) is 6.54. The van der Waals surface area contributed by atoms with Gasteiger partial charge in [0.15, 0.2) is 0 Å². The highest BCUT2D eigenvalue weighted by Crippen LogP contribution is 2.11. The van der Waals surface area contributed by atoms with Gasteiger partial charge in [0.25, 0.3) is 5.91 Å². The zero-order valence-corrected chi connectivity index (χ0v) is 15.6. The number of nitrogens with zero attached hydrogens (tertiary/aromatic N) is 2. The number of hydrogen-bond donors (Lipinski definition) is 1. The Hall–Kier alpha value is -2.73. The van der Waals surface area contributed by atoms with E-state index in [0.29, 0.717) is 51.3 Å². The van der Waals surface area contributed by atoms with Crippen LogP contribution in [-0.4, -0.2) is 48.0 Å². The van der Waals surface area contributed by atoms with E-state index in [1.165, 1.54) is 0 Å². The molecular weight excluding hydrogens is 342 g/mol. The normalized spacial score (nSPS) is 14.0. The molecule has 6 nitrogen and oxygen atoms in total. The Bertz CT molecular complexity index is 801. The summed E-state index contributed by atoms with van der Waals surface area (Å²) in [4.78, 5) is 30.6. The number of nitrogens with one attached hydrogen (secondary N) is 1. The molecule has 3 rings (SSSR count). The second kappa shape index (κ2) is 9.28. The van der Waals surface area contributed by atoms with Crippen LogP contribution in [0.5, 0.6) is 0 Å². The minimum Gasteiger partial charge on any atom is -0.378 e. The van der Waals surface area contributed by atoms with Crippen molar-refractivity contribution >= 4 is 11.8 Å². The molecular formula is C21H25N3O3. The number of aryl methyl sites for hydroxylation is 2. The highest BCUT2D eigenvalue weighted by molar-refractivity contribution is 5.94. The minimum atomic E-state index is -0.0126. The maximum absolute atomic E-state index is 12.6. The number of ether oxygens (including phenoxy) is 1. The smallest absolute Gasteiger partial charge is 0.254 e. The van der Waals surface area contributed by atoms with Gasteiger partial charge in [-0.25, -0.2) is 0 Å². The third-order valence-electron chi connectivity index (χ3n) is 4.53. The van der Waals surface area contributed by atoms with Crippen molar-refractivity contribution in [2.24, 2.45) is 0 Å². The molecule has 2 amide bonds. The van der Waals surface area contributed by atoms with Crippen LogP contribution >= 0.6 is 0 Å². The Balaban J connectivity index is 1.50. The van der Waals surface area contributed by atoms with Gasteiger partial charge in [-0.05, 0) is 42.2 Å². The lowest BCUT2D eigenvalue weighted by Gasteiger charge is -2.27. The first-order chi connectivity index (χ1) is 13.1. The molecule has 1 aromatic carbocycles. The van der Waals surface area contributed by atoms with E-state index in [0.717, 1.165) is 16.7 Å². The quantitative estimate of drug-likeness (QED) is 0.849. The first kappa shape index (κ1) is 19.0. The standard InChI is InChI=1S/C21H25N3O3/c1-16-11-18(14-22-13-16)5-6-20(25)23-15-17-3-2-4-19(12-17)21(26)24-7-9-27-10-8-24/h2-4,11-14H,5-10,15H2,1H3,(H,23,25). The van der Waals surface area contributed by atoms with Crippen LogP contribution in [0.3, 0.4) is 0 Å². The molecule has 1 fully saturated rings. The Morgan fingerprint density at radius 1 is 1.15 bits per heavy atom. The summed E-state index contributed by atoms with van der Waals surface area (Å²) in [5.41, 5.74) is 3.71. The third-order valence-corrected chi connectivity index (χ3v) is 4.53. The molecule has 0 atom stereocenters. The number of carbonyl (C=O) groups is 2. The van der Waals surface area contributed by atoms with Crippen molar-refractivity contribution < 1.29 is 14.3 Å². The largest absolute Gasteiger partial charge is 0.378 e. The van der Waals surface area contributed by atoms with E-state index in [2.05, 4.69) is 10.3 Å². The predicted molar refractivity (Wildman–Crippen MR) is 102 cm³/mol. The summed E-state index contributed by atoms with van der Waals surface area (Å²) >= 11 is 0. The van der Waals surface area contributed by atoms with Crippen LogP contribution in [0.4, 0.5) is 0 Å². The molecule has 1 aliphatic heterocycles. The summed E-state index contributed by atoms with van der Waals surface area (Å²) in [6.45, 7) is 4.80. The number of morpholine rings is 1. The van der Waals surface area contributed by atoms with E-state index in [1.54, 1.807) is 17.3 Å². The average Bonchev–Trinajstić information content (AvgIpc) is 2.71. The van der Waals surface area contributed by atoms with Crippen LogP contribution in [0.25, 0.3) is 0 Å². The Morgan fingerprint density at radius 2 is 1.96 bits per heavy atom. The fourth-order valence-corrected chi connectivity index (χ4v) is 3.06. The Morgan fingerprint density at radius 3 is 2.74 bits per heavy atom. The van der Waals surface area contributed by atoms with Crippen molar-refractivity contribution in [3.8, 4) is 0 Å². The summed E-state index contributed by atoms with van der Waals surface area (Å²) in [5.74, 6) is -0.000149. The highest BCUT2D eigenvalue weighted by Gasteiger charge is 2.18. The van der Waals surface area contributed by atoms with E-state index in [4.69, 9.17) is 4.74 Å². The molecule has 2 aromatic rings. The van der Waals surface area contributed by atoms with Crippen molar-refractivity contribution in [2.75, 3.05) is 26.3 Å². The number of pyridine rings is 1. The minimum absolute atomic E-state index is 0.0124. The number of hydrogen-bond acceptors (Lipinski definition) is 4. The predicted octanol–water partition coefficient (Wildman–Crippen LogP) is 2.11. The first-order valence-corrected chi connectivity index (χ1v) is 9.25. The highest BCUT2D eigenvalue weighted by atomic mass is 16.5. The molecule has 1 N–H and O–H groups in total. The fourth-order valence-electron chi connectivity index (χ4n) is 3.06. The average molecular weight is 367 g/mol. The molecule has 1 aliphatic rings. The first-order valence-electron chi connectivity index (χ1n) is 9.25. The van der Waals surface area contributed by atoms with E-state index in [9.17, 15) is 9.59 Å². The molecule has 0 bridgehead atoms. The molecule has 27 heavy (non-hydrogen) atoms. The Labute approximate surface area is 159 Å². The van der Waals surface area contributed by atoms with Crippen LogP contribution in [0.15, 0.2) is 42.7 Å². The van der Waals surface area contributed by atoms with Crippen LogP contribution < -0.4 is 5.32 Å². The molecule has 1 saturated heterocycles. The van der Waals surface area contributed by atoms with Gasteiger partial charge in [-0.15, -0.1) is 0 Å². The van der Waals surface area contributed by atoms with Crippen molar-refractivity contribution in [2.45, 2.75) is 26.3 Å². The molecule has 0 spiro atoms. The van der Waals surface area contributed by atoms with Gasteiger partial charge < -0.3 is 15.0 Å². The summed E-state index contributed by atoms with van der Waals surface area (Å²) in [5, 5.41) is 2.93. The van der Waals surface area contributed by atoms with Gasteiger partial charge in [-0.1, -0.05) is 18.2 Å². The third kappa shape index (κ3) is 5.62. The van der Waals surface area contributed by atoms with Crippen molar-refractivity contribution in [3.63, 3.8) is 0 Å².